The number of fused-ring (bicyclic) bond motifs is 1. The number of carbonyl (C=O) groups excluding carboxylic acids is 1. The minimum absolute atomic E-state index is 0.0129. The quantitative estimate of drug-likeness (QED) is 0.877. The Hall–Kier alpha value is -1.06. The lowest BCUT2D eigenvalue weighted by molar-refractivity contribution is -0.120. The summed E-state index contributed by atoms with van der Waals surface area (Å²) in [5, 5.41) is 0.732. The highest BCUT2D eigenvalue weighted by molar-refractivity contribution is 6.32. The average molecular weight is 253 g/mol. The summed E-state index contributed by atoms with van der Waals surface area (Å²) >= 11 is 6.11. The van der Waals surface area contributed by atoms with Crippen LogP contribution in [0.5, 0.6) is 0 Å². The van der Waals surface area contributed by atoms with E-state index in [1.807, 2.05) is 32.0 Å². The highest BCUT2D eigenvalue weighted by Crippen LogP contribution is 2.33. The van der Waals surface area contributed by atoms with E-state index < -0.39 is 6.04 Å². The summed E-state index contributed by atoms with van der Waals surface area (Å²) < 4.78 is 0. The van der Waals surface area contributed by atoms with Gasteiger partial charge in [0.15, 0.2) is 0 Å². The Balaban J connectivity index is 2.28. The topological polar surface area (TPSA) is 46.3 Å². The lowest BCUT2D eigenvalue weighted by atomic mass is 10.0. The molecule has 1 heterocycles. The van der Waals surface area contributed by atoms with E-state index in [4.69, 9.17) is 17.3 Å². The van der Waals surface area contributed by atoms with Gasteiger partial charge in [0.2, 0.25) is 5.91 Å². The summed E-state index contributed by atoms with van der Waals surface area (Å²) in [5.41, 5.74) is 7.88. The number of nitrogens with two attached hydrogens (primary N) is 1. The number of nitrogens with zero attached hydrogens (tertiary/aromatic N) is 1. The van der Waals surface area contributed by atoms with Gasteiger partial charge >= 0.3 is 0 Å². The van der Waals surface area contributed by atoms with Crippen LogP contribution < -0.4 is 10.6 Å². The van der Waals surface area contributed by atoms with Crippen molar-refractivity contribution in [2.75, 3.05) is 11.4 Å². The fourth-order valence-corrected chi connectivity index (χ4v) is 2.35. The van der Waals surface area contributed by atoms with Crippen LogP contribution in [0.4, 0.5) is 5.69 Å². The van der Waals surface area contributed by atoms with Crippen LogP contribution in [-0.4, -0.2) is 18.5 Å². The maximum atomic E-state index is 12.2. The Morgan fingerprint density at radius 2 is 2.18 bits per heavy atom. The summed E-state index contributed by atoms with van der Waals surface area (Å²) in [4.78, 5) is 14.0. The molecule has 0 aromatic heterocycles. The number of anilines is 1. The van der Waals surface area contributed by atoms with Gasteiger partial charge in [-0.05, 0) is 30.0 Å². The van der Waals surface area contributed by atoms with E-state index in [-0.39, 0.29) is 11.8 Å². The molecule has 1 aromatic rings. The second kappa shape index (κ2) is 4.67. The molecule has 0 radical (unpaired) electrons. The fraction of sp³-hybridized carbons (Fsp3) is 0.462. The van der Waals surface area contributed by atoms with Gasteiger partial charge in [0.25, 0.3) is 0 Å². The average Bonchev–Trinajstić information content (AvgIpc) is 2.72. The highest BCUT2D eigenvalue weighted by atomic mass is 35.5. The van der Waals surface area contributed by atoms with Gasteiger partial charge in [-0.25, -0.2) is 0 Å². The SMILES string of the molecule is CC(C)[C@H](N)C(=O)N1CCc2c(Cl)cccc21. The Kier molecular flexibility index (Phi) is 3.40. The number of carbonyl (C=O) groups is 1. The van der Waals surface area contributed by atoms with E-state index in [0.29, 0.717) is 6.54 Å². The van der Waals surface area contributed by atoms with Gasteiger partial charge in [0.1, 0.15) is 0 Å². The second-order valence-corrected chi connectivity index (χ2v) is 5.15. The third kappa shape index (κ3) is 2.17. The number of benzene rings is 1. The zero-order valence-electron chi connectivity index (χ0n) is 10.1. The van der Waals surface area contributed by atoms with Crippen molar-refractivity contribution in [3.05, 3.63) is 28.8 Å². The summed E-state index contributed by atoms with van der Waals surface area (Å²) in [5.74, 6) is 0.131. The molecule has 1 aliphatic rings. The molecule has 1 aromatic carbocycles. The van der Waals surface area contributed by atoms with Crippen molar-refractivity contribution in [2.45, 2.75) is 26.3 Å². The third-order valence-electron chi connectivity index (χ3n) is 3.24. The van der Waals surface area contributed by atoms with Gasteiger partial charge in [-0.15, -0.1) is 0 Å². The number of hydrogen-bond acceptors (Lipinski definition) is 2. The van der Waals surface area contributed by atoms with Crippen LogP contribution in [0.15, 0.2) is 18.2 Å². The molecule has 0 bridgehead atoms. The highest BCUT2D eigenvalue weighted by Gasteiger charge is 2.30. The second-order valence-electron chi connectivity index (χ2n) is 4.75. The van der Waals surface area contributed by atoms with E-state index in [1.54, 1.807) is 4.90 Å². The zero-order valence-corrected chi connectivity index (χ0v) is 10.9. The van der Waals surface area contributed by atoms with Crippen molar-refractivity contribution < 1.29 is 4.79 Å². The Morgan fingerprint density at radius 3 is 2.82 bits per heavy atom. The van der Waals surface area contributed by atoms with Crippen LogP contribution in [0.1, 0.15) is 19.4 Å². The predicted octanol–water partition coefficient (Wildman–Crippen LogP) is 2.21. The van der Waals surface area contributed by atoms with E-state index in [1.165, 1.54) is 0 Å². The van der Waals surface area contributed by atoms with Crippen molar-refractivity contribution in [1.29, 1.82) is 0 Å². The van der Waals surface area contributed by atoms with Gasteiger partial charge in [-0.3, -0.25) is 4.79 Å². The zero-order chi connectivity index (χ0) is 12.6. The Morgan fingerprint density at radius 1 is 1.47 bits per heavy atom. The van der Waals surface area contributed by atoms with Gasteiger partial charge < -0.3 is 10.6 Å². The molecule has 2 rings (SSSR count). The van der Waals surface area contributed by atoms with E-state index in [2.05, 4.69) is 0 Å². The molecule has 0 spiro atoms. The molecule has 1 aliphatic heterocycles. The van der Waals surface area contributed by atoms with Gasteiger partial charge in [-0.1, -0.05) is 31.5 Å². The molecule has 0 saturated heterocycles. The van der Waals surface area contributed by atoms with Crippen LogP contribution >= 0.6 is 11.6 Å². The van der Waals surface area contributed by atoms with Crippen LogP contribution in [0.3, 0.4) is 0 Å². The minimum atomic E-state index is -0.445. The molecule has 1 amide bonds. The van der Waals surface area contributed by atoms with E-state index in [9.17, 15) is 4.79 Å². The molecule has 0 saturated carbocycles. The summed E-state index contributed by atoms with van der Waals surface area (Å²) in [6.45, 7) is 4.59. The standard InChI is InChI=1S/C13H17ClN2O/c1-8(2)12(15)13(17)16-7-6-9-10(14)4-3-5-11(9)16/h3-5,8,12H,6-7,15H2,1-2H3/t12-/m0/s1. The monoisotopic (exact) mass is 252 g/mol. The van der Waals surface area contributed by atoms with Gasteiger partial charge in [0, 0.05) is 17.3 Å². The Bertz CT molecular complexity index is 445. The van der Waals surface area contributed by atoms with Gasteiger partial charge in [0.05, 0.1) is 6.04 Å². The van der Waals surface area contributed by atoms with Crippen molar-refractivity contribution in [2.24, 2.45) is 11.7 Å². The maximum Gasteiger partial charge on any atom is 0.244 e. The van der Waals surface area contributed by atoms with Crippen molar-refractivity contribution in [3.63, 3.8) is 0 Å². The number of rotatable bonds is 2. The van der Waals surface area contributed by atoms with Crippen molar-refractivity contribution in [1.82, 2.24) is 0 Å². The first-order valence-electron chi connectivity index (χ1n) is 5.86. The van der Waals surface area contributed by atoms with Gasteiger partial charge in [-0.2, -0.15) is 0 Å². The largest absolute Gasteiger partial charge is 0.320 e. The van der Waals surface area contributed by atoms with Crippen LogP contribution in [0, 0.1) is 5.92 Å². The Labute approximate surface area is 107 Å². The maximum absolute atomic E-state index is 12.2. The number of hydrogen-bond donors (Lipinski definition) is 1. The number of halogens is 1. The molecule has 4 heteroatoms. The molecule has 0 unspecified atom stereocenters. The van der Waals surface area contributed by atoms with Crippen LogP contribution in [0.25, 0.3) is 0 Å². The van der Waals surface area contributed by atoms with E-state index >= 15 is 0 Å². The summed E-state index contributed by atoms with van der Waals surface area (Å²) in [7, 11) is 0. The predicted molar refractivity (Wildman–Crippen MR) is 70.3 cm³/mol. The molecule has 3 nitrogen and oxygen atoms in total. The minimum Gasteiger partial charge on any atom is -0.320 e. The molecule has 2 N–H and O–H groups in total. The third-order valence-corrected chi connectivity index (χ3v) is 3.59. The molecule has 0 fully saturated rings. The van der Waals surface area contributed by atoms with Crippen LogP contribution in [0.2, 0.25) is 5.02 Å². The first kappa shape index (κ1) is 12.4. The molecule has 0 aliphatic carbocycles. The molecule has 92 valence electrons. The lowest BCUT2D eigenvalue weighted by Crippen LogP contribution is -2.46. The number of amides is 1. The smallest absolute Gasteiger partial charge is 0.244 e. The first-order valence-corrected chi connectivity index (χ1v) is 6.24. The molecule has 1 atom stereocenters. The first-order chi connectivity index (χ1) is 8.02. The normalized spacial score (nSPS) is 16.2. The van der Waals surface area contributed by atoms with E-state index in [0.717, 1.165) is 22.7 Å². The summed E-state index contributed by atoms with van der Waals surface area (Å²) in [6.07, 6.45) is 0.811. The van der Waals surface area contributed by atoms with Crippen molar-refractivity contribution >= 4 is 23.2 Å². The molecular formula is C13H17ClN2O. The molecule has 17 heavy (non-hydrogen) atoms. The molecular weight excluding hydrogens is 236 g/mol. The summed E-state index contributed by atoms with van der Waals surface area (Å²) in [6, 6.07) is 5.21. The fourth-order valence-electron chi connectivity index (χ4n) is 2.09. The van der Waals surface area contributed by atoms with Crippen LogP contribution in [-0.2, 0) is 11.2 Å². The lowest BCUT2D eigenvalue weighted by Gasteiger charge is -2.23. The van der Waals surface area contributed by atoms with Crippen molar-refractivity contribution in [3.8, 4) is 0 Å².